The zero-order valence-corrected chi connectivity index (χ0v) is 9.51. The topological polar surface area (TPSA) is 77.8 Å². The van der Waals surface area contributed by atoms with Gasteiger partial charge in [-0.25, -0.2) is 4.98 Å². The van der Waals surface area contributed by atoms with E-state index in [1.165, 1.54) is 10.8 Å². The molecule has 0 atom stereocenters. The van der Waals surface area contributed by atoms with E-state index in [4.69, 9.17) is 11.5 Å². The van der Waals surface area contributed by atoms with E-state index in [0.29, 0.717) is 5.82 Å². The van der Waals surface area contributed by atoms with E-state index in [2.05, 4.69) is 22.1 Å². The first-order chi connectivity index (χ1) is 8.75. The van der Waals surface area contributed by atoms with E-state index in [9.17, 15) is 0 Å². The Bertz CT molecular complexity index is 803. The van der Waals surface area contributed by atoms with Gasteiger partial charge in [0.25, 0.3) is 0 Å². The van der Waals surface area contributed by atoms with E-state index >= 15 is 0 Å². The second-order valence-corrected chi connectivity index (χ2v) is 4.40. The molecule has 0 saturated carbocycles. The molecule has 18 heavy (non-hydrogen) atoms. The molecule has 2 aromatic carbocycles. The standard InChI is InChI=1S/C14H10N4/c15-13-11-8-5-1-3-7-4-2-6-9(10(7)8)12(11)17-14(16)18-13/h1-6H,(H4,15,16,17,18). The summed E-state index contributed by atoms with van der Waals surface area (Å²) in [7, 11) is 0. The third-order valence-corrected chi connectivity index (χ3v) is 3.38. The van der Waals surface area contributed by atoms with E-state index < -0.39 is 0 Å². The molecule has 86 valence electrons. The number of fused-ring (bicyclic) bond motifs is 3. The Labute approximate surface area is 103 Å². The lowest BCUT2D eigenvalue weighted by molar-refractivity contribution is 1.21. The summed E-state index contributed by atoms with van der Waals surface area (Å²) in [6.07, 6.45) is 0. The monoisotopic (exact) mass is 234 g/mol. The molecule has 1 aliphatic rings. The van der Waals surface area contributed by atoms with Gasteiger partial charge in [-0.3, -0.25) is 0 Å². The van der Waals surface area contributed by atoms with Gasteiger partial charge in [0.05, 0.1) is 11.3 Å². The van der Waals surface area contributed by atoms with Crippen molar-refractivity contribution in [1.82, 2.24) is 9.97 Å². The number of hydrogen-bond donors (Lipinski definition) is 2. The van der Waals surface area contributed by atoms with Crippen LogP contribution in [0.3, 0.4) is 0 Å². The zero-order valence-electron chi connectivity index (χ0n) is 9.51. The Hall–Kier alpha value is -2.62. The molecule has 1 aromatic heterocycles. The van der Waals surface area contributed by atoms with Crippen LogP contribution in [0.4, 0.5) is 11.8 Å². The van der Waals surface area contributed by atoms with Crippen molar-refractivity contribution in [2.24, 2.45) is 0 Å². The lowest BCUT2D eigenvalue weighted by Crippen LogP contribution is -2.02. The van der Waals surface area contributed by atoms with Crippen LogP contribution in [0.5, 0.6) is 0 Å². The van der Waals surface area contributed by atoms with Gasteiger partial charge in [0.15, 0.2) is 0 Å². The van der Waals surface area contributed by atoms with Gasteiger partial charge in [0, 0.05) is 5.56 Å². The van der Waals surface area contributed by atoms with E-state index in [0.717, 1.165) is 22.4 Å². The van der Waals surface area contributed by atoms with Crippen molar-refractivity contribution in [2.75, 3.05) is 11.5 Å². The van der Waals surface area contributed by atoms with Crippen molar-refractivity contribution < 1.29 is 0 Å². The molecule has 0 bridgehead atoms. The number of benzene rings is 2. The van der Waals surface area contributed by atoms with Crippen LogP contribution in [0.15, 0.2) is 36.4 Å². The second kappa shape index (κ2) is 2.98. The smallest absolute Gasteiger partial charge is 0.222 e. The number of rotatable bonds is 0. The normalized spacial score (nSPS) is 11.8. The number of anilines is 2. The number of nitrogen functional groups attached to an aromatic ring is 2. The molecule has 4 rings (SSSR count). The first kappa shape index (κ1) is 9.41. The van der Waals surface area contributed by atoms with Crippen LogP contribution >= 0.6 is 0 Å². The molecule has 4 N–H and O–H groups in total. The third kappa shape index (κ3) is 0.996. The van der Waals surface area contributed by atoms with Crippen molar-refractivity contribution in [1.29, 1.82) is 0 Å². The van der Waals surface area contributed by atoms with Gasteiger partial charge in [-0.05, 0) is 16.3 Å². The summed E-state index contributed by atoms with van der Waals surface area (Å²) in [6, 6.07) is 12.3. The zero-order chi connectivity index (χ0) is 12.3. The molecule has 0 fully saturated rings. The average molecular weight is 234 g/mol. The van der Waals surface area contributed by atoms with E-state index in [1.807, 2.05) is 24.3 Å². The fourth-order valence-electron chi connectivity index (χ4n) is 2.70. The fraction of sp³-hybridized carbons (Fsp3) is 0. The summed E-state index contributed by atoms with van der Waals surface area (Å²) in [5.41, 5.74) is 15.6. The Morgan fingerprint density at radius 2 is 1.56 bits per heavy atom. The number of aromatic nitrogens is 2. The minimum Gasteiger partial charge on any atom is -0.383 e. The van der Waals surface area contributed by atoms with Crippen LogP contribution in [0.25, 0.3) is 33.2 Å². The van der Waals surface area contributed by atoms with Crippen LogP contribution in [0.1, 0.15) is 0 Å². The average Bonchev–Trinajstić information content (AvgIpc) is 2.67. The highest BCUT2D eigenvalue weighted by atomic mass is 15.0. The molecular weight excluding hydrogens is 224 g/mol. The molecule has 0 aliphatic heterocycles. The lowest BCUT2D eigenvalue weighted by Gasteiger charge is -2.04. The van der Waals surface area contributed by atoms with Crippen LogP contribution in [0.2, 0.25) is 0 Å². The van der Waals surface area contributed by atoms with Crippen molar-refractivity contribution in [3.8, 4) is 22.4 Å². The number of hydrogen-bond acceptors (Lipinski definition) is 4. The van der Waals surface area contributed by atoms with Crippen LogP contribution < -0.4 is 11.5 Å². The van der Waals surface area contributed by atoms with Gasteiger partial charge in [-0.2, -0.15) is 4.98 Å². The Morgan fingerprint density at radius 1 is 0.833 bits per heavy atom. The van der Waals surface area contributed by atoms with Crippen molar-refractivity contribution in [2.45, 2.75) is 0 Å². The molecule has 0 amide bonds. The highest BCUT2D eigenvalue weighted by Crippen LogP contribution is 2.47. The molecule has 0 unspecified atom stereocenters. The van der Waals surface area contributed by atoms with Crippen molar-refractivity contribution in [3.63, 3.8) is 0 Å². The first-order valence-corrected chi connectivity index (χ1v) is 5.71. The van der Waals surface area contributed by atoms with E-state index in [1.54, 1.807) is 0 Å². The van der Waals surface area contributed by atoms with Crippen LogP contribution in [0, 0.1) is 0 Å². The maximum Gasteiger partial charge on any atom is 0.222 e. The maximum atomic E-state index is 6.00. The van der Waals surface area contributed by atoms with Gasteiger partial charge in [-0.1, -0.05) is 36.4 Å². The summed E-state index contributed by atoms with van der Waals surface area (Å²) in [4.78, 5) is 8.40. The molecule has 0 spiro atoms. The molecule has 4 nitrogen and oxygen atoms in total. The molecule has 0 saturated heterocycles. The van der Waals surface area contributed by atoms with Crippen LogP contribution in [-0.2, 0) is 0 Å². The minimum absolute atomic E-state index is 0.219. The number of nitrogens with zero attached hydrogens (tertiary/aromatic N) is 2. The van der Waals surface area contributed by atoms with Gasteiger partial charge in [0.2, 0.25) is 5.95 Å². The Balaban J connectivity index is 2.28. The van der Waals surface area contributed by atoms with Crippen molar-refractivity contribution >= 4 is 22.5 Å². The Kier molecular flexibility index (Phi) is 1.56. The summed E-state index contributed by atoms with van der Waals surface area (Å²) in [5.74, 6) is 0.664. The summed E-state index contributed by atoms with van der Waals surface area (Å²) >= 11 is 0. The molecular formula is C14H10N4. The largest absolute Gasteiger partial charge is 0.383 e. The molecule has 1 heterocycles. The molecule has 1 aliphatic carbocycles. The molecule has 4 heteroatoms. The van der Waals surface area contributed by atoms with Gasteiger partial charge < -0.3 is 11.5 Å². The Morgan fingerprint density at radius 3 is 2.33 bits per heavy atom. The van der Waals surface area contributed by atoms with E-state index in [-0.39, 0.29) is 5.95 Å². The van der Waals surface area contributed by atoms with Gasteiger partial charge in [0.1, 0.15) is 5.82 Å². The fourth-order valence-corrected chi connectivity index (χ4v) is 2.70. The first-order valence-electron chi connectivity index (χ1n) is 5.71. The summed E-state index contributed by atoms with van der Waals surface area (Å²) in [6.45, 7) is 0. The summed E-state index contributed by atoms with van der Waals surface area (Å²) in [5, 5.41) is 2.36. The maximum absolute atomic E-state index is 6.00. The predicted molar refractivity (Wildman–Crippen MR) is 72.8 cm³/mol. The predicted octanol–water partition coefficient (Wildman–Crippen LogP) is 2.44. The number of nitrogens with two attached hydrogens (primary N) is 2. The third-order valence-electron chi connectivity index (χ3n) is 3.38. The summed E-state index contributed by atoms with van der Waals surface area (Å²) < 4.78 is 0. The minimum atomic E-state index is 0.219. The second-order valence-electron chi connectivity index (χ2n) is 4.40. The highest BCUT2D eigenvalue weighted by Gasteiger charge is 2.25. The van der Waals surface area contributed by atoms with Crippen molar-refractivity contribution in [3.05, 3.63) is 36.4 Å². The SMILES string of the molecule is Nc1nc(N)c2c(n1)-c1cccc3cccc-2c13. The molecule has 3 aromatic rings. The quantitative estimate of drug-likeness (QED) is 0.490. The molecule has 0 radical (unpaired) electrons. The lowest BCUT2D eigenvalue weighted by atomic mass is 10.0. The highest BCUT2D eigenvalue weighted by molar-refractivity contribution is 6.16. The van der Waals surface area contributed by atoms with Crippen LogP contribution in [-0.4, -0.2) is 9.97 Å². The van der Waals surface area contributed by atoms with Gasteiger partial charge >= 0.3 is 0 Å². The van der Waals surface area contributed by atoms with Gasteiger partial charge in [-0.15, -0.1) is 0 Å².